The highest BCUT2D eigenvalue weighted by atomic mass is 16.3. The van der Waals surface area contributed by atoms with E-state index in [1.165, 1.54) is 6.42 Å². The number of hydrogen-bond donors (Lipinski definition) is 1. The third-order valence-electron chi connectivity index (χ3n) is 7.16. The maximum atomic E-state index is 11.6. The second-order valence-electron chi connectivity index (χ2n) is 8.50. The van der Waals surface area contributed by atoms with E-state index in [0.717, 1.165) is 33.9 Å². The van der Waals surface area contributed by atoms with Crippen LogP contribution in [0.1, 0.15) is 39.3 Å². The molecule has 0 saturated heterocycles. The van der Waals surface area contributed by atoms with Gasteiger partial charge in [-0.1, -0.05) is 45.0 Å². The van der Waals surface area contributed by atoms with Crippen molar-refractivity contribution in [3.8, 4) is 0 Å². The van der Waals surface area contributed by atoms with E-state index >= 15 is 0 Å². The topological polar surface area (TPSA) is 46.0 Å². The van der Waals surface area contributed by atoms with Gasteiger partial charge in [0.25, 0.3) is 0 Å². The molecule has 3 heteroatoms. The summed E-state index contributed by atoms with van der Waals surface area (Å²) in [5.41, 5.74) is 2.12. The number of pyridine rings is 2. The lowest BCUT2D eigenvalue weighted by Crippen LogP contribution is -2.33. The highest BCUT2D eigenvalue weighted by molar-refractivity contribution is 6.02. The Labute approximate surface area is 148 Å². The SMILES string of the molecule is CC(C)C12CC1C(C)[C@](O)(c1ccc3ccc4cccnc4c3n1)C2. The molecular formula is C22H24N2O. The molecule has 2 aromatic heterocycles. The zero-order chi connectivity index (χ0) is 17.4. The lowest BCUT2D eigenvalue weighted by atomic mass is 9.81. The average molecular weight is 332 g/mol. The maximum Gasteiger partial charge on any atom is 0.110 e. The zero-order valence-corrected chi connectivity index (χ0v) is 15.0. The van der Waals surface area contributed by atoms with Gasteiger partial charge in [0.15, 0.2) is 0 Å². The normalized spacial score (nSPS) is 34.0. The van der Waals surface area contributed by atoms with Crippen molar-refractivity contribution in [1.29, 1.82) is 0 Å². The Morgan fingerprint density at radius 1 is 1.08 bits per heavy atom. The molecule has 3 aromatic rings. The average Bonchev–Trinajstić information content (AvgIpc) is 3.30. The predicted molar refractivity (Wildman–Crippen MR) is 100 cm³/mol. The van der Waals surface area contributed by atoms with E-state index in [1.54, 1.807) is 0 Å². The van der Waals surface area contributed by atoms with Crippen molar-refractivity contribution in [2.24, 2.45) is 23.2 Å². The van der Waals surface area contributed by atoms with Gasteiger partial charge in [0, 0.05) is 17.0 Å². The third-order valence-corrected chi connectivity index (χ3v) is 7.16. The quantitative estimate of drug-likeness (QED) is 0.694. The second kappa shape index (κ2) is 4.79. The Morgan fingerprint density at radius 3 is 2.52 bits per heavy atom. The van der Waals surface area contributed by atoms with Crippen molar-refractivity contribution in [2.45, 2.75) is 39.2 Å². The summed E-state index contributed by atoms with van der Waals surface area (Å²) >= 11 is 0. The monoisotopic (exact) mass is 332 g/mol. The fraction of sp³-hybridized carbons (Fsp3) is 0.455. The molecule has 0 spiro atoms. The summed E-state index contributed by atoms with van der Waals surface area (Å²) in [5.74, 6) is 1.49. The van der Waals surface area contributed by atoms with Crippen LogP contribution in [0.3, 0.4) is 0 Å². The molecule has 25 heavy (non-hydrogen) atoms. The molecule has 0 bridgehead atoms. The molecule has 2 aliphatic rings. The van der Waals surface area contributed by atoms with Crippen molar-refractivity contribution in [3.63, 3.8) is 0 Å². The summed E-state index contributed by atoms with van der Waals surface area (Å²) < 4.78 is 0. The highest BCUT2D eigenvalue weighted by Crippen LogP contribution is 2.74. The van der Waals surface area contributed by atoms with Crippen LogP contribution < -0.4 is 0 Å². The summed E-state index contributed by atoms with van der Waals surface area (Å²) in [6.07, 6.45) is 3.90. The molecular weight excluding hydrogens is 308 g/mol. The smallest absolute Gasteiger partial charge is 0.110 e. The molecule has 1 N–H and O–H groups in total. The highest BCUT2D eigenvalue weighted by Gasteiger charge is 2.70. The first-order valence-corrected chi connectivity index (χ1v) is 9.33. The van der Waals surface area contributed by atoms with Gasteiger partial charge in [0.2, 0.25) is 0 Å². The van der Waals surface area contributed by atoms with Crippen LogP contribution in [-0.4, -0.2) is 15.1 Å². The van der Waals surface area contributed by atoms with E-state index in [0.29, 0.717) is 17.3 Å². The van der Waals surface area contributed by atoms with Crippen LogP contribution >= 0.6 is 0 Å². The van der Waals surface area contributed by atoms with E-state index < -0.39 is 5.60 Å². The first-order chi connectivity index (χ1) is 12.0. The fourth-order valence-corrected chi connectivity index (χ4v) is 5.38. The van der Waals surface area contributed by atoms with Gasteiger partial charge in [-0.3, -0.25) is 4.98 Å². The Morgan fingerprint density at radius 2 is 1.80 bits per heavy atom. The number of fused-ring (bicyclic) bond motifs is 4. The summed E-state index contributed by atoms with van der Waals surface area (Å²) in [5, 5.41) is 13.8. The molecule has 5 rings (SSSR count). The van der Waals surface area contributed by atoms with E-state index in [9.17, 15) is 5.11 Å². The van der Waals surface area contributed by atoms with Gasteiger partial charge in [0.1, 0.15) is 5.60 Å². The van der Waals surface area contributed by atoms with Gasteiger partial charge >= 0.3 is 0 Å². The molecule has 3 unspecified atom stereocenters. The molecule has 2 fully saturated rings. The van der Waals surface area contributed by atoms with Gasteiger partial charge in [0.05, 0.1) is 16.7 Å². The van der Waals surface area contributed by atoms with Gasteiger partial charge in [-0.05, 0) is 48.1 Å². The lowest BCUT2D eigenvalue weighted by Gasteiger charge is -2.31. The van der Waals surface area contributed by atoms with E-state index in [1.807, 2.05) is 18.3 Å². The van der Waals surface area contributed by atoms with Crippen LogP contribution in [-0.2, 0) is 5.60 Å². The molecule has 0 amide bonds. The van der Waals surface area contributed by atoms with Crippen molar-refractivity contribution in [2.75, 3.05) is 0 Å². The van der Waals surface area contributed by atoms with E-state index in [-0.39, 0.29) is 5.92 Å². The number of aliphatic hydroxyl groups is 1. The zero-order valence-electron chi connectivity index (χ0n) is 15.0. The summed E-state index contributed by atoms with van der Waals surface area (Å²) in [6, 6.07) is 12.3. The van der Waals surface area contributed by atoms with Crippen LogP contribution in [0.15, 0.2) is 42.6 Å². The fourth-order valence-electron chi connectivity index (χ4n) is 5.38. The molecule has 4 atom stereocenters. The Balaban J connectivity index is 1.67. The standard InChI is InChI=1S/C22H24N2O/c1-13(2)21-11-17(21)14(3)22(25,12-21)18-9-8-16-7-6-15-5-4-10-23-19(15)20(16)24-18/h4-10,13-14,17,25H,11-12H2,1-3H3/t14?,17?,21?,22-/m0/s1. The Bertz CT molecular complexity index is 998. The number of rotatable bonds is 2. The largest absolute Gasteiger partial charge is 0.383 e. The molecule has 0 aliphatic heterocycles. The van der Waals surface area contributed by atoms with Crippen molar-refractivity contribution < 1.29 is 5.11 Å². The summed E-state index contributed by atoms with van der Waals surface area (Å²) in [6.45, 7) is 6.79. The second-order valence-corrected chi connectivity index (χ2v) is 8.50. The van der Waals surface area contributed by atoms with Crippen LogP contribution in [0.4, 0.5) is 0 Å². The minimum Gasteiger partial charge on any atom is -0.383 e. The van der Waals surface area contributed by atoms with E-state index in [2.05, 4.69) is 50.0 Å². The first-order valence-electron chi connectivity index (χ1n) is 9.33. The van der Waals surface area contributed by atoms with Gasteiger partial charge in [-0.2, -0.15) is 0 Å². The molecule has 2 heterocycles. The molecule has 2 aliphatic carbocycles. The third kappa shape index (κ3) is 1.90. The maximum absolute atomic E-state index is 11.6. The summed E-state index contributed by atoms with van der Waals surface area (Å²) in [7, 11) is 0. The molecule has 0 radical (unpaired) electrons. The summed E-state index contributed by atoms with van der Waals surface area (Å²) in [4.78, 5) is 9.48. The number of benzene rings is 1. The van der Waals surface area contributed by atoms with Gasteiger partial charge in [-0.15, -0.1) is 0 Å². The van der Waals surface area contributed by atoms with Crippen LogP contribution in [0.2, 0.25) is 0 Å². The first kappa shape index (κ1) is 15.3. The van der Waals surface area contributed by atoms with Crippen molar-refractivity contribution in [1.82, 2.24) is 9.97 Å². The Kier molecular flexibility index (Phi) is 2.93. The van der Waals surface area contributed by atoms with Crippen molar-refractivity contribution in [3.05, 3.63) is 48.3 Å². The van der Waals surface area contributed by atoms with Crippen LogP contribution in [0.25, 0.3) is 21.8 Å². The molecule has 2 saturated carbocycles. The van der Waals surface area contributed by atoms with Crippen molar-refractivity contribution >= 4 is 21.8 Å². The molecule has 1 aromatic carbocycles. The van der Waals surface area contributed by atoms with Gasteiger partial charge in [-0.25, -0.2) is 4.98 Å². The number of nitrogens with zero attached hydrogens (tertiary/aromatic N) is 2. The lowest BCUT2D eigenvalue weighted by molar-refractivity contribution is -0.0217. The minimum absolute atomic E-state index is 0.253. The molecule has 3 nitrogen and oxygen atoms in total. The molecule has 128 valence electrons. The van der Waals surface area contributed by atoms with E-state index in [4.69, 9.17) is 4.98 Å². The predicted octanol–water partition coefficient (Wildman–Crippen LogP) is 4.67. The number of aromatic nitrogens is 2. The minimum atomic E-state index is -0.821. The van der Waals surface area contributed by atoms with Crippen LogP contribution in [0, 0.1) is 23.2 Å². The Hall–Kier alpha value is -2.00. The van der Waals surface area contributed by atoms with Gasteiger partial charge < -0.3 is 5.11 Å². The number of hydrogen-bond acceptors (Lipinski definition) is 3. The van der Waals surface area contributed by atoms with Crippen LogP contribution in [0.5, 0.6) is 0 Å².